The molecule has 0 saturated heterocycles. The minimum Gasteiger partial charge on any atom is -0.453 e. The number of esters is 1. The number of carbonyl (C=O) groups is 3. The van der Waals surface area contributed by atoms with Crippen molar-refractivity contribution in [1.29, 1.82) is 0 Å². The molecule has 12 nitrogen and oxygen atoms in total. The van der Waals surface area contributed by atoms with E-state index < -0.39 is 34.6 Å². The molecule has 0 fully saturated rings. The van der Waals surface area contributed by atoms with E-state index in [9.17, 15) is 29.3 Å². The molecule has 2 amide bonds. The number of non-ortho nitro benzene ring substituents is 1. The maximum absolute atomic E-state index is 12.2. The number of nitrogens with one attached hydrogen (secondary N) is 2. The van der Waals surface area contributed by atoms with Gasteiger partial charge in [-0.25, -0.2) is 4.79 Å². The van der Waals surface area contributed by atoms with Crippen molar-refractivity contribution in [2.75, 3.05) is 11.9 Å². The number of ether oxygens (including phenoxy) is 1. The highest BCUT2D eigenvalue weighted by atomic mass is 16.6. The van der Waals surface area contributed by atoms with Crippen molar-refractivity contribution in [2.45, 2.75) is 46.3 Å². The van der Waals surface area contributed by atoms with Crippen LogP contribution in [-0.2, 0) is 25.7 Å². The summed E-state index contributed by atoms with van der Waals surface area (Å²) in [5.74, 6) is -2.40. The number of nitrogens with zero attached hydrogens (tertiary/aromatic N) is 2. The second kappa shape index (κ2) is 11.3. The van der Waals surface area contributed by atoms with Gasteiger partial charge in [0, 0.05) is 24.7 Å². The number of fused-ring (bicyclic) bond motifs is 1. The summed E-state index contributed by atoms with van der Waals surface area (Å²) >= 11 is 0. The van der Waals surface area contributed by atoms with Crippen LogP contribution < -0.4 is 16.4 Å². The van der Waals surface area contributed by atoms with Gasteiger partial charge in [0.25, 0.3) is 11.6 Å². The normalized spacial score (nSPS) is 11.6. The van der Waals surface area contributed by atoms with E-state index in [2.05, 4.69) is 10.6 Å². The van der Waals surface area contributed by atoms with Crippen molar-refractivity contribution >= 4 is 40.3 Å². The number of hydrogen-bond donors (Lipinski definition) is 2. The summed E-state index contributed by atoms with van der Waals surface area (Å²) < 4.78 is 11.4. The molecule has 1 atom stereocenters. The average molecular weight is 498 g/mol. The number of aryl methyl sites for hydroxylation is 3. The lowest BCUT2D eigenvalue weighted by molar-refractivity contribution is -0.384. The van der Waals surface area contributed by atoms with Crippen molar-refractivity contribution in [3.05, 3.63) is 68.2 Å². The van der Waals surface area contributed by atoms with Crippen LogP contribution in [0.2, 0.25) is 0 Å². The number of oxazole rings is 1. The fraction of sp³-hybridized carbons (Fsp3) is 0.333. The van der Waals surface area contributed by atoms with E-state index in [-0.39, 0.29) is 37.2 Å². The number of amides is 2. The first kappa shape index (κ1) is 26.1. The van der Waals surface area contributed by atoms with Crippen LogP contribution >= 0.6 is 0 Å². The van der Waals surface area contributed by atoms with E-state index in [0.717, 1.165) is 17.2 Å². The Balaban J connectivity index is 1.45. The molecule has 0 saturated carbocycles. The van der Waals surface area contributed by atoms with Gasteiger partial charge in [-0.1, -0.05) is 18.2 Å². The Morgan fingerprint density at radius 2 is 1.86 bits per heavy atom. The van der Waals surface area contributed by atoms with Crippen LogP contribution in [0.5, 0.6) is 0 Å². The maximum atomic E-state index is 12.2. The highest BCUT2D eigenvalue weighted by Crippen LogP contribution is 2.21. The van der Waals surface area contributed by atoms with Crippen LogP contribution in [0, 0.1) is 24.0 Å². The number of carbonyl (C=O) groups excluding carboxylic acids is 3. The summed E-state index contributed by atoms with van der Waals surface area (Å²) in [7, 11) is 0. The van der Waals surface area contributed by atoms with Crippen LogP contribution in [0.4, 0.5) is 11.4 Å². The molecular formula is C24H26N4O8. The first-order valence-electron chi connectivity index (χ1n) is 11.2. The van der Waals surface area contributed by atoms with Crippen molar-refractivity contribution in [1.82, 2.24) is 9.88 Å². The molecule has 0 aliphatic rings. The summed E-state index contributed by atoms with van der Waals surface area (Å²) in [4.78, 5) is 58.9. The number of aromatic nitrogens is 1. The van der Waals surface area contributed by atoms with Crippen LogP contribution in [0.3, 0.4) is 0 Å². The SMILES string of the molecule is Cc1cccc(C)c1NC(=O)CNC(=O)C(C)OC(=O)CCCn1c(=O)oc2cc([N+](=O)[O-])ccc21. The summed E-state index contributed by atoms with van der Waals surface area (Å²) in [6.07, 6.45) is -1.00. The maximum Gasteiger partial charge on any atom is 0.419 e. The number of anilines is 1. The zero-order valence-electron chi connectivity index (χ0n) is 20.0. The van der Waals surface area contributed by atoms with Crippen LogP contribution in [-0.4, -0.2) is 39.9 Å². The molecule has 0 bridgehead atoms. The number of benzene rings is 2. The standard InChI is InChI=1S/C24H26N4O8/c1-14-6-4-7-15(2)22(14)26-20(29)13-25-23(31)16(3)35-21(30)8-5-11-27-18-10-9-17(28(33)34)12-19(18)36-24(27)32/h4,6-7,9-10,12,16H,5,8,11,13H2,1-3H3,(H,25,31)(H,26,29). The molecular weight excluding hydrogens is 472 g/mol. The first-order chi connectivity index (χ1) is 17.1. The van der Waals surface area contributed by atoms with Gasteiger partial charge in [0.15, 0.2) is 11.7 Å². The van der Waals surface area contributed by atoms with Crippen LogP contribution in [0.15, 0.2) is 45.6 Å². The third-order valence-electron chi connectivity index (χ3n) is 5.47. The van der Waals surface area contributed by atoms with Gasteiger partial charge in [0.2, 0.25) is 5.91 Å². The molecule has 0 aliphatic heterocycles. The van der Waals surface area contributed by atoms with Crippen molar-refractivity contribution < 1.29 is 28.5 Å². The van der Waals surface area contributed by atoms with Crippen LogP contribution in [0.1, 0.15) is 30.9 Å². The Morgan fingerprint density at radius 3 is 2.53 bits per heavy atom. The summed E-state index contributed by atoms with van der Waals surface area (Å²) in [6, 6.07) is 9.41. The monoisotopic (exact) mass is 498 g/mol. The van der Waals surface area contributed by atoms with E-state index in [4.69, 9.17) is 9.15 Å². The number of nitro benzene ring substituents is 1. The van der Waals surface area contributed by atoms with E-state index in [1.54, 1.807) is 0 Å². The lowest BCUT2D eigenvalue weighted by Gasteiger charge is -2.15. The number of hydrogen-bond acceptors (Lipinski definition) is 8. The molecule has 0 radical (unpaired) electrons. The molecule has 0 aliphatic carbocycles. The Hall–Kier alpha value is -4.48. The second-order valence-corrected chi connectivity index (χ2v) is 8.20. The topological polar surface area (TPSA) is 163 Å². The third kappa shape index (κ3) is 6.34. The number of para-hydroxylation sites is 1. The highest BCUT2D eigenvalue weighted by Gasteiger charge is 2.19. The Labute approximate surface area is 205 Å². The predicted molar refractivity (Wildman–Crippen MR) is 129 cm³/mol. The number of rotatable bonds is 10. The summed E-state index contributed by atoms with van der Waals surface area (Å²) in [6.45, 7) is 4.93. The molecule has 190 valence electrons. The van der Waals surface area contributed by atoms with Gasteiger partial charge in [-0.3, -0.25) is 29.1 Å². The first-order valence-corrected chi connectivity index (χ1v) is 11.2. The van der Waals surface area contributed by atoms with Gasteiger partial charge in [0.1, 0.15) is 0 Å². The van der Waals surface area contributed by atoms with Gasteiger partial charge in [-0.2, -0.15) is 0 Å². The van der Waals surface area contributed by atoms with Gasteiger partial charge in [-0.15, -0.1) is 0 Å². The van der Waals surface area contributed by atoms with E-state index >= 15 is 0 Å². The van der Waals surface area contributed by atoms with Crippen molar-refractivity contribution in [2.24, 2.45) is 0 Å². The molecule has 12 heteroatoms. The minimum absolute atomic E-state index is 0.0729. The zero-order chi connectivity index (χ0) is 26.4. The second-order valence-electron chi connectivity index (χ2n) is 8.20. The minimum atomic E-state index is -1.12. The smallest absolute Gasteiger partial charge is 0.419 e. The average Bonchev–Trinajstić information content (AvgIpc) is 3.14. The zero-order valence-corrected chi connectivity index (χ0v) is 20.0. The lowest BCUT2D eigenvalue weighted by atomic mass is 10.1. The van der Waals surface area contributed by atoms with E-state index in [1.165, 1.54) is 23.6 Å². The molecule has 36 heavy (non-hydrogen) atoms. The quantitative estimate of drug-likeness (QED) is 0.245. The van der Waals surface area contributed by atoms with E-state index in [0.29, 0.717) is 11.2 Å². The summed E-state index contributed by atoms with van der Waals surface area (Å²) in [5.41, 5.74) is 2.70. The molecule has 2 N–H and O–H groups in total. The fourth-order valence-corrected chi connectivity index (χ4v) is 3.58. The van der Waals surface area contributed by atoms with E-state index in [1.807, 2.05) is 32.0 Å². The Kier molecular flexibility index (Phi) is 8.20. The Morgan fingerprint density at radius 1 is 1.17 bits per heavy atom. The Bertz CT molecular complexity index is 1350. The van der Waals surface area contributed by atoms with Gasteiger partial charge in [0.05, 0.1) is 23.1 Å². The molecule has 1 aromatic heterocycles. The molecule has 3 aromatic rings. The fourth-order valence-electron chi connectivity index (χ4n) is 3.58. The van der Waals surface area contributed by atoms with Gasteiger partial charge >= 0.3 is 11.7 Å². The highest BCUT2D eigenvalue weighted by molar-refractivity contribution is 5.96. The predicted octanol–water partition coefficient (Wildman–Crippen LogP) is 2.59. The molecule has 1 unspecified atom stereocenters. The lowest BCUT2D eigenvalue weighted by Crippen LogP contribution is -2.40. The summed E-state index contributed by atoms with van der Waals surface area (Å²) in [5, 5.41) is 16.1. The van der Waals surface area contributed by atoms with Crippen LogP contribution in [0.25, 0.3) is 11.1 Å². The van der Waals surface area contributed by atoms with Gasteiger partial charge in [-0.05, 0) is 44.4 Å². The third-order valence-corrected chi connectivity index (χ3v) is 5.47. The van der Waals surface area contributed by atoms with Gasteiger partial charge < -0.3 is 19.8 Å². The van der Waals surface area contributed by atoms with Crippen molar-refractivity contribution in [3.63, 3.8) is 0 Å². The molecule has 1 heterocycles. The molecule has 3 rings (SSSR count). The molecule has 0 spiro atoms. The molecule has 2 aromatic carbocycles. The largest absolute Gasteiger partial charge is 0.453 e. The van der Waals surface area contributed by atoms with Crippen molar-refractivity contribution in [3.8, 4) is 0 Å². The number of nitro groups is 1.